The second-order valence-corrected chi connectivity index (χ2v) is 3.36. The number of nitrogens with zero attached hydrogens (tertiary/aromatic N) is 1. The molecule has 1 aromatic heterocycles. The Morgan fingerprint density at radius 3 is 2.86 bits per heavy atom. The lowest BCUT2D eigenvalue weighted by Crippen LogP contribution is -2.10. The number of aromatic carboxylic acids is 1. The maximum Gasteiger partial charge on any atom is 0.355 e. The minimum Gasteiger partial charge on any atom is -0.476 e. The number of carboxylic acid groups (broad SMARTS) is 1. The molecule has 1 heterocycles. The highest BCUT2D eigenvalue weighted by Gasteiger charge is 2.27. The molecule has 0 atom stereocenters. The molecule has 0 amide bonds. The molecule has 0 bridgehead atoms. The number of nitrogens with one attached hydrogen (secondary N) is 1. The molecule has 2 rings (SSSR count). The van der Waals surface area contributed by atoms with E-state index in [9.17, 15) is 9.59 Å². The number of rotatable bonds is 1. The van der Waals surface area contributed by atoms with Crippen LogP contribution in [0.2, 0.25) is 0 Å². The molecule has 2 N–H and O–H groups in total. The summed E-state index contributed by atoms with van der Waals surface area (Å²) in [5, 5.41) is 8.82. The van der Waals surface area contributed by atoms with Crippen LogP contribution in [0, 0.1) is 4.77 Å². The van der Waals surface area contributed by atoms with E-state index in [4.69, 9.17) is 17.3 Å². The molecule has 0 saturated carbocycles. The van der Waals surface area contributed by atoms with E-state index in [1.807, 2.05) is 0 Å². The topological polar surface area (TPSA) is 83.0 Å². The molecule has 0 spiro atoms. The van der Waals surface area contributed by atoms with E-state index in [1.54, 1.807) is 0 Å². The Hall–Kier alpha value is -1.56. The summed E-state index contributed by atoms with van der Waals surface area (Å²) in [7, 11) is 0. The minimum atomic E-state index is -1.21. The summed E-state index contributed by atoms with van der Waals surface area (Å²) in [6.45, 7) is 0. The monoisotopic (exact) mass is 210 g/mol. The van der Waals surface area contributed by atoms with Crippen LogP contribution in [0.3, 0.4) is 0 Å². The molecule has 0 saturated heterocycles. The van der Waals surface area contributed by atoms with Crippen molar-refractivity contribution in [2.75, 3.05) is 0 Å². The summed E-state index contributed by atoms with van der Waals surface area (Å²) in [6.07, 6.45) is 0.840. The number of hydrogen-bond acceptors (Lipinski definition) is 4. The van der Waals surface area contributed by atoms with E-state index < -0.39 is 5.97 Å². The lowest BCUT2D eigenvalue weighted by Gasteiger charge is -2.01. The fourth-order valence-corrected chi connectivity index (χ4v) is 1.74. The average Bonchev–Trinajstić information content (AvgIpc) is 2.46. The summed E-state index contributed by atoms with van der Waals surface area (Å²) < 4.78 is 0.107. The number of aromatic nitrogens is 2. The first-order valence-corrected chi connectivity index (χ1v) is 4.40. The van der Waals surface area contributed by atoms with Gasteiger partial charge in [-0.05, 0) is 18.6 Å². The van der Waals surface area contributed by atoms with Gasteiger partial charge in [-0.3, -0.25) is 4.79 Å². The van der Waals surface area contributed by atoms with Crippen molar-refractivity contribution in [2.45, 2.75) is 12.8 Å². The van der Waals surface area contributed by atoms with Gasteiger partial charge in [-0.1, -0.05) is 0 Å². The third-order valence-electron chi connectivity index (χ3n) is 2.09. The Kier molecular flexibility index (Phi) is 1.92. The average molecular weight is 210 g/mol. The fraction of sp³-hybridized carbons (Fsp3) is 0.250. The molecule has 1 aromatic rings. The smallest absolute Gasteiger partial charge is 0.355 e. The summed E-state index contributed by atoms with van der Waals surface area (Å²) >= 11 is 4.76. The van der Waals surface area contributed by atoms with Gasteiger partial charge in [0.25, 0.3) is 0 Å². The van der Waals surface area contributed by atoms with Gasteiger partial charge in [-0.15, -0.1) is 0 Å². The van der Waals surface area contributed by atoms with Gasteiger partial charge >= 0.3 is 5.97 Å². The third-order valence-corrected chi connectivity index (χ3v) is 2.29. The van der Waals surface area contributed by atoms with Crippen LogP contribution in [0.5, 0.6) is 0 Å². The summed E-state index contributed by atoms with van der Waals surface area (Å²) in [5.41, 5.74) is 0.546. The first kappa shape index (κ1) is 9.01. The number of fused-ring (bicyclic) bond motifs is 1. The fourth-order valence-electron chi connectivity index (χ4n) is 1.53. The van der Waals surface area contributed by atoms with Crippen molar-refractivity contribution in [3.05, 3.63) is 21.7 Å². The number of ketones is 1. The second kappa shape index (κ2) is 2.98. The van der Waals surface area contributed by atoms with Crippen molar-refractivity contribution in [1.29, 1.82) is 0 Å². The van der Waals surface area contributed by atoms with Gasteiger partial charge in [0.2, 0.25) is 0 Å². The first-order valence-electron chi connectivity index (χ1n) is 3.99. The molecule has 0 aliphatic heterocycles. The second-order valence-electron chi connectivity index (χ2n) is 2.97. The molecule has 6 heteroatoms. The van der Waals surface area contributed by atoms with Crippen LogP contribution in [0.25, 0.3) is 0 Å². The van der Waals surface area contributed by atoms with E-state index in [-0.39, 0.29) is 21.8 Å². The number of aromatic amines is 1. The van der Waals surface area contributed by atoms with Crippen LogP contribution in [-0.2, 0) is 6.42 Å². The zero-order chi connectivity index (χ0) is 10.3. The molecule has 0 aromatic carbocycles. The van der Waals surface area contributed by atoms with Crippen molar-refractivity contribution in [3.8, 4) is 0 Å². The first-order chi connectivity index (χ1) is 6.59. The minimum absolute atomic E-state index is 0.107. The third kappa shape index (κ3) is 1.24. The predicted octanol–water partition coefficient (Wildman–Crippen LogP) is 0.966. The van der Waals surface area contributed by atoms with Gasteiger partial charge in [0.15, 0.2) is 16.2 Å². The van der Waals surface area contributed by atoms with Crippen molar-refractivity contribution < 1.29 is 14.7 Å². The van der Waals surface area contributed by atoms with E-state index in [2.05, 4.69) is 9.97 Å². The number of H-pyrrole nitrogens is 1. The highest BCUT2D eigenvalue weighted by atomic mass is 32.1. The van der Waals surface area contributed by atoms with E-state index in [0.29, 0.717) is 18.5 Å². The molecule has 1 aliphatic rings. The van der Waals surface area contributed by atoms with Crippen LogP contribution < -0.4 is 0 Å². The number of hydrogen-bond donors (Lipinski definition) is 2. The summed E-state index contributed by atoms with van der Waals surface area (Å²) in [6, 6.07) is 0. The lowest BCUT2D eigenvalue weighted by molar-refractivity contribution is 0.0685. The largest absolute Gasteiger partial charge is 0.476 e. The SMILES string of the molecule is O=C(O)c1nc(=S)[nH]c2c1C(=O)CC2. The zero-order valence-electron chi connectivity index (χ0n) is 7.03. The number of aryl methyl sites for hydroxylation is 1. The van der Waals surface area contributed by atoms with Crippen molar-refractivity contribution >= 4 is 24.0 Å². The van der Waals surface area contributed by atoms with Crippen molar-refractivity contribution in [1.82, 2.24) is 9.97 Å². The number of carbonyl (C=O) groups is 2. The van der Waals surface area contributed by atoms with Crippen LogP contribution in [0.4, 0.5) is 0 Å². The molecular formula is C8H6N2O3S. The van der Waals surface area contributed by atoms with Crippen LogP contribution in [-0.4, -0.2) is 26.8 Å². The van der Waals surface area contributed by atoms with Gasteiger partial charge in [-0.2, -0.15) is 0 Å². The van der Waals surface area contributed by atoms with Gasteiger partial charge in [0.1, 0.15) is 0 Å². The quantitative estimate of drug-likeness (QED) is 0.675. The van der Waals surface area contributed by atoms with Gasteiger partial charge in [-0.25, -0.2) is 9.78 Å². The molecule has 1 aliphatic carbocycles. The summed E-state index contributed by atoms with van der Waals surface area (Å²) in [5.74, 6) is -1.40. The molecule has 0 radical (unpaired) electrons. The Balaban J connectivity index is 2.77. The molecule has 5 nitrogen and oxygen atoms in total. The Bertz CT molecular complexity index is 492. The number of Topliss-reactive ketones (excluding diaryl/α,β-unsaturated/α-hetero) is 1. The standard InChI is InChI=1S/C8H6N2O3S/c11-4-2-1-3-5(4)6(7(12)13)10-8(14)9-3/h1-2H2,(H,12,13)(H,9,10,14). The summed E-state index contributed by atoms with van der Waals surface area (Å²) in [4.78, 5) is 28.5. The molecule has 14 heavy (non-hydrogen) atoms. The normalized spacial score (nSPS) is 14.1. The Morgan fingerprint density at radius 1 is 1.50 bits per heavy atom. The van der Waals surface area contributed by atoms with Gasteiger partial charge < -0.3 is 10.1 Å². The van der Waals surface area contributed by atoms with Gasteiger partial charge in [0.05, 0.1) is 5.56 Å². The molecular weight excluding hydrogens is 204 g/mol. The number of carbonyl (C=O) groups excluding carboxylic acids is 1. The van der Waals surface area contributed by atoms with Crippen LogP contribution in [0.15, 0.2) is 0 Å². The highest BCUT2D eigenvalue weighted by Crippen LogP contribution is 2.22. The van der Waals surface area contributed by atoms with E-state index >= 15 is 0 Å². The molecule has 0 unspecified atom stereocenters. The van der Waals surface area contributed by atoms with Crippen LogP contribution in [0.1, 0.15) is 33.0 Å². The van der Waals surface area contributed by atoms with Crippen molar-refractivity contribution in [2.24, 2.45) is 0 Å². The predicted molar refractivity (Wildman–Crippen MR) is 49.0 cm³/mol. The maximum absolute atomic E-state index is 11.3. The van der Waals surface area contributed by atoms with Gasteiger partial charge in [0, 0.05) is 12.1 Å². The maximum atomic E-state index is 11.3. The lowest BCUT2D eigenvalue weighted by atomic mass is 10.1. The Morgan fingerprint density at radius 2 is 2.21 bits per heavy atom. The highest BCUT2D eigenvalue weighted by molar-refractivity contribution is 7.71. The van der Waals surface area contributed by atoms with Crippen LogP contribution >= 0.6 is 12.2 Å². The van der Waals surface area contributed by atoms with E-state index in [1.165, 1.54) is 0 Å². The van der Waals surface area contributed by atoms with E-state index in [0.717, 1.165) is 0 Å². The Labute approximate surface area is 83.8 Å². The number of carboxylic acids is 1. The zero-order valence-corrected chi connectivity index (χ0v) is 7.85. The van der Waals surface area contributed by atoms with Crippen molar-refractivity contribution in [3.63, 3.8) is 0 Å². The molecule has 72 valence electrons. The molecule has 0 fully saturated rings.